The minimum atomic E-state index is -0.608. The number of carbonyl (C=O) groups excluding carboxylic acids is 1. The molecule has 0 N–H and O–H groups in total. The van der Waals surface area contributed by atoms with Crippen LogP contribution in [0.25, 0.3) is 0 Å². The second-order valence-electron chi connectivity index (χ2n) is 5.51. The lowest BCUT2D eigenvalue weighted by Crippen LogP contribution is -2.14. The van der Waals surface area contributed by atoms with Crippen LogP contribution in [-0.2, 0) is 16.1 Å². The smallest absolute Gasteiger partial charge is 0.340 e. The maximum Gasteiger partial charge on any atom is 0.340 e. The number of methoxy groups -OCH3 is 1. The van der Waals surface area contributed by atoms with Gasteiger partial charge in [0.1, 0.15) is 6.61 Å². The molecule has 0 saturated heterocycles. The van der Waals surface area contributed by atoms with Crippen LogP contribution in [0.15, 0.2) is 30.3 Å². The lowest BCUT2D eigenvalue weighted by atomic mass is 9.96. The van der Waals surface area contributed by atoms with Gasteiger partial charge in [0.05, 0.1) is 5.56 Å². The summed E-state index contributed by atoms with van der Waals surface area (Å²) < 4.78 is 30.1. The molecular weight excluding hydrogens is 311 g/mol. The Morgan fingerprint density at radius 3 is 2.33 bits per heavy atom. The molecule has 0 heterocycles. The number of halogens is 1. The van der Waals surface area contributed by atoms with Crippen molar-refractivity contribution in [3.8, 4) is 5.75 Å². The van der Waals surface area contributed by atoms with Gasteiger partial charge in [-0.1, -0.05) is 30.3 Å². The third kappa shape index (κ3) is 3.74. The van der Waals surface area contributed by atoms with Crippen molar-refractivity contribution in [3.63, 3.8) is 0 Å². The van der Waals surface area contributed by atoms with E-state index in [0.717, 1.165) is 5.56 Å². The van der Waals surface area contributed by atoms with Gasteiger partial charge in [0, 0.05) is 12.7 Å². The van der Waals surface area contributed by atoms with Crippen LogP contribution in [0.2, 0.25) is 0 Å². The first-order valence-electron chi connectivity index (χ1n) is 7.59. The van der Waals surface area contributed by atoms with Gasteiger partial charge >= 0.3 is 5.97 Å². The predicted octanol–water partition coefficient (Wildman–Crippen LogP) is 4.09. The van der Waals surface area contributed by atoms with E-state index in [1.54, 1.807) is 20.8 Å². The normalized spacial score (nSPS) is 10.5. The largest absolute Gasteiger partial charge is 0.486 e. The van der Waals surface area contributed by atoms with Gasteiger partial charge < -0.3 is 14.2 Å². The Labute approximate surface area is 141 Å². The zero-order chi connectivity index (χ0) is 17.7. The van der Waals surface area contributed by atoms with E-state index in [1.807, 2.05) is 30.3 Å². The van der Waals surface area contributed by atoms with Gasteiger partial charge in [0.2, 0.25) is 0 Å². The van der Waals surface area contributed by atoms with Crippen LogP contribution in [0.3, 0.4) is 0 Å². The van der Waals surface area contributed by atoms with Crippen LogP contribution in [0.4, 0.5) is 4.39 Å². The van der Waals surface area contributed by atoms with Gasteiger partial charge in [-0.3, -0.25) is 0 Å². The summed E-state index contributed by atoms with van der Waals surface area (Å²) in [5.74, 6) is -0.987. The topological polar surface area (TPSA) is 44.8 Å². The highest BCUT2D eigenvalue weighted by molar-refractivity contribution is 5.93. The Balaban J connectivity index is 2.32. The zero-order valence-electron chi connectivity index (χ0n) is 14.3. The highest BCUT2D eigenvalue weighted by atomic mass is 19.1. The summed E-state index contributed by atoms with van der Waals surface area (Å²) in [5.41, 5.74) is 2.59. The number of ether oxygens (including phenoxy) is 3. The summed E-state index contributed by atoms with van der Waals surface area (Å²) in [6, 6.07) is 9.51. The number of rotatable bonds is 6. The third-order valence-corrected chi connectivity index (χ3v) is 3.92. The van der Waals surface area contributed by atoms with Gasteiger partial charge in [-0.2, -0.15) is 0 Å². The molecule has 128 valence electrons. The number of esters is 1. The first kappa shape index (κ1) is 17.9. The quantitative estimate of drug-likeness (QED) is 0.590. The van der Waals surface area contributed by atoms with Crippen molar-refractivity contribution in [2.24, 2.45) is 0 Å². The average Bonchev–Trinajstić information content (AvgIpc) is 2.59. The minimum Gasteiger partial charge on any atom is -0.486 e. The van der Waals surface area contributed by atoms with Crippen molar-refractivity contribution >= 4 is 5.97 Å². The predicted molar refractivity (Wildman–Crippen MR) is 88.7 cm³/mol. The van der Waals surface area contributed by atoms with Gasteiger partial charge in [-0.15, -0.1) is 0 Å². The maximum atomic E-state index is 14.7. The van der Waals surface area contributed by atoms with E-state index in [2.05, 4.69) is 0 Å². The molecule has 0 saturated carbocycles. The molecule has 0 aliphatic carbocycles. The molecule has 0 aliphatic heterocycles. The van der Waals surface area contributed by atoms with Crippen molar-refractivity contribution in [1.82, 2.24) is 0 Å². The highest BCUT2D eigenvalue weighted by Crippen LogP contribution is 2.32. The zero-order valence-corrected chi connectivity index (χ0v) is 14.3. The van der Waals surface area contributed by atoms with Crippen LogP contribution in [0, 0.1) is 26.6 Å². The summed E-state index contributed by atoms with van der Waals surface area (Å²) >= 11 is 0. The minimum absolute atomic E-state index is 0.164. The first-order chi connectivity index (χ1) is 11.5. The lowest BCUT2D eigenvalue weighted by Gasteiger charge is -2.18. The second-order valence-corrected chi connectivity index (χ2v) is 5.51. The molecule has 0 amide bonds. The molecular formula is C19H21FO4. The Hall–Kier alpha value is -2.40. The monoisotopic (exact) mass is 332 g/mol. The third-order valence-electron chi connectivity index (χ3n) is 3.92. The average molecular weight is 332 g/mol. The first-order valence-corrected chi connectivity index (χ1v) is 7.59. The summed E-state index contributed by atoms with van der Waals surface area (Å²) in [6.45, 7) is 5.10. The summed E-state index contributed by atoms with van der Waals surface area (Å²) in [7, 11) is 1.42. The molecule has 0 atom stereocenters. The van der Waals surface area contributed by atoms with E-state index in [9.17, 15) is 9.18 Å². The van der Waals surface area contributed by atoms with E-state index in [4.69, 9.17) is 14.2 Å². The highest BCUT2D eigenvalue weighted by Gasteiger charge is 2.23. The van der Waals surface area contributed by atoms with Crippen LogP contribution in [0.1, 0.15) is 32.6 Å². The molecule has 0 radical (unpaired) electrons. The summed E-state index contributed by atoms with van der Waals surface area (Å²) in [4.78, 5) is 12.1. The Morgan fingerprint density at radius 2 is 1.71 bits per heavy atom. The van der Waals surface area contributed by atoms with Crippen molar-refractivity contribution in [2.45, 2.75) is 27.4 Å². The van der Waals surface area contributed by atoms with Gasteiger partial charge in [-0.25, -0.2) is 9.18 Å². The standard InChI is InChI=1S/C19H21FO4/c1-12-13(2)18(23-10-15-8-6-5-7-9-15)17(20)14(3)16(12)19(21)24-11-22-4/h5-9H,10-11H2,1-4H3. The number of benzene rings is 2. The van der Waals surface area contributed by atoms with E-state index in [0.29, 0.717) is 11.1 Å². The lowest BCUT2D eigenvalue weighted by molar-refractivity contribution is -0.0126. The Morgan fingerprint density at radius 1 is 1.04 bits per heavy atom. The van der Waals surface area contributed by atoms with Crippen molar-refractivity contribution < 1.29 is 23.4 Å². The Kier molecular flexibility index (Phi) is 5.93. The molecule has 24 heavy (non-hydrogen) atoms. The van der Waals surface area contributed by atoms with Crippen molar-refractivity contribution in [3.05, 3.63) is 64.0 Å². The van der Waals surface area contributed by atoms with Crippen molar-refractivity contribution in [2.75, 3.05) is 13.9 Å². The molecule has 0 spiro atoms. The fourth-order valence-electron chi connectivity index (χ4n) is 2.48. The van der Waals surface area contributed by atoms with Crippen molar-refractivity contribution in [1.29, 1.82) is 0 Å². The molecule has 2 rings (SSSR count). The van der Waals surface area contributed by atoms with Gasteiger partial charge in [-0.05, 0) is 37.5 Å². The molecule has 0 fully saturated rings. The van der Waals surface area contributed by atoms with E-state index in [1.165, 1.54) is 7.11 Å². The molecule has 0 aromatic heterocycles. The van der Waals surface area contributed by atoms with E-state index >= 15 is 0 Å². The summed E-state index contributed by atoms with van der Waals surface area (Å²) in [5, 5.41) is 0. The molecule has 4 nitrogen and oxygen atoms in total. The molecule has 2 aromatic carbocycles. The van der Waals surface area contributed by atoms with E-state index in [-0.39, 0.29) is 30.3 Å². The second kappa shape index (κ2) is 7.93. The number of hydrogen-bond donors (Lipinski definition) is 0. The fraction of sp³-hybridized carbons (Fsp3) is 0.316. The van der Waals surface area contributed by atoms with E-state index < -0.39 is 11.8 Å². The van der Waals surface area contributed by atoms with Gasteiger partial charge in [0.15, 0.2) is 18.4 Å². The SMILES string of the molecule is COCOC(=O)c1c(C)c(C)c(OCc2ccccc2)c(F)c1C. The summed E-state index contributed by atoms with van der Waals surface area (Å²) in [6.07, 6.45) is 0. The van der Waals surface area contributed by atoms with Crippen LogP contribution < -0.4 is 4.74 Å². The fourth-order valence-corrected chi connectivity index (χ4v) is 2.48. The molecule has 0 bridgehead atoms. The van der Waals surface area contributed by atoms with Crippen LogP contribution in [0.5, 0.6) is 5.75 Å². The van der Waals surface area contributed by atoms with Crippen LogP contribution >= 0.6 is 0 Å². The van der Waals surface area contributed by atoms with Crippen LogP contribution in [-0.4, -0.2) is 19.9 Å². The number of carbonyl (C=O) groups is 1. The number of hydrogen-bond acceptors (Lipinski definition) is 4. The molecule has 2 aromatic rings. The Bertz CT molecular complexity index is 697. The molecule has 0 unspecified atom stereocenters. The molecule has 0 aliphatic rings. The van der Waals surface area contributed by atoms with Gasteiger partial charge in [0.25, 0.3) is 0 Å². The molecule has 5 heteroatoms. The maximum absolute atomic E-state index is 14.7.